The normalized spacial score (nSPS) is 29.4. The summed E-state index contributed by atoms with van der Waals surface area (Å²) in [7, 11) is 0. The molecule has 3 rings (SSSR count). The van der Waals surface area contributed by atoms with Gasteiger partial charge in [0.25, 0.3) is 0 Å². The summed E-state index contributed by atoms with van der Waals surface area (Å²) in [5.74, 6) is 0.638. The molecule has 2 fully saturated rings. The summed E-state index contributed by atoms with van der Waals surface area (Å²) < 4.78 is 0. The van der Waals surface area contributed by atoms with E-state index in [1.807, 2.05) is 6.92 Å². The van der Waals surface area contributed by atoms with Crippen LogP contribution in [0.25, 0.3) is 0 Å². The Bertz CT molecular complexity index is 522. The smallest absolute Gasteiger partial charge is 0.248 e. The molecule has 2 aliphatic rings. The first-order valence-electron chi connectivity index (χ1n) is 6.27. The number of amides is 2. The highest BCUT2D eigenvalue weighted by atomic mass is 32.2. The Labute approximate surface area is 115 Å². The highest BCUT2D eigenvalue weighted by molar-refractivity contribution is 8.01. The Hall–Kier alpha value is -1.56. The third kappa shape index (κ3) is 2.10. The molecule has 2 saturated heterocycles. The number of nitrogens with one attached hydrogen (secondary N) is 1. The van der Waals surface area contributed by atoms with Gasteiger partial charge >= 0.3 is 0 Å². The molecule has 1 aromatic heterocycles. The standard InChI is InChI=1S/C13H15N3O2S/c1-13-5-2-11(17)16(13)10(8-19-13)12(18)15-9-3-6-14-7-4-9/h3-4,6-7,10H,2,5,8H2,1H3,(H,14,15,18). The van der Waals surface area contributed by atoms with Crippen LogP contribution in [0, 0.1) is 0 Å². The van der Waals surface area contributed by atoms with Crippen LogP contribution in [0.3, 0.4) is 0 Å². The third-order valence-corrected chi connectivity index (χ3v) is 5.20. The first-order chi connectivity index (χ1) is 9.10. The Morgan fingerprint density at radius 2 is 2.26 bits per heavy atom. The molecule has 1 N–H and O–H groups in total. The third-order valence-electron chi connectivity index (χ3n) is 3.70. The average molecular weight is 277 g/mol. The number of pyridine rings is 1. The van der Waals surface area contributed by atoms with Crippen molar-refractivity contribution in [2.75, 3.05) is 11.1 Å². The molecule has 5 nitrogen and oxygen atoms in total. The zero-order valence-corrected chi connectivity index (χ0v) is 11.4. The van der Waals surface area contributed by atoms with E-state index in [2.05, 4.69) is 10.3 Å². The molecule has 2 amide bonds. The SMILES string of the molecule is CC12CCC(=O)N1C(C(=O)Nc1ccncc1)CS2. The molecule has 2 unspecified atom stereocenters. The molecule has 1 aromatic rings. The fraction of sp³-hybridized carbons (Fsp3) is 0.462. The van der Waals surface area contributed by atoms with Gasteiger partial charge in [0.15, 0.2) is 0 Å². The number of nitrogens with zero attached hydrogens (tertiary/aromatic N) is 2. The summed E-state index contributed by atoms with van der Waals surface area (Å²) >= 11 is 1.70. The molecule has 6 heteroatoms. The molecule has 0 saturated carbocycles. The number of hydrogen-bond acceptors (Lipinski definition) is 4. The number of rotatable bonds is 2. The van der Waals surface area contributed by atoms with Crippen LogP contribution in [-0.2, 0) is 9.59 Å². The van der Waals surface area contributed by atoms with Gasteiger partial charge in [-0.3, -0.25) is 14.6 Å². The number of aromatic nitrogens is 1. The number of hydrogen-bond donors (Lipinski definition) is 1. The summed E-state index contributed by atoms with van der Waals surface area (Å²) in [6, 6.07) is 3.12. The van der Waals surface area contributed by atoms with Gasteiger partial charge in [-0.2, -0.15) is 0 Å². The lowest BCUT2D eigenvalue weighted by Crippen LogP contribution is -2.48. The van der Waals surface area contributed by atoms with Crippen molar-refractivity contribution in [2.45, 2.75) is 30.7 Å². The first-order valence-corrected chi connectivity index (χ1v) is 7.26. The van der Waals surface area contributed by atoms with Gasteiger partial charge in [-0.1, -0.05) is 0 Å². The van der Waals surface area contributed by atoms with Crippen LogP contribution >= 0.6 is 11.8 Å². The van der Waals surface area contributed by atoms with E-state index in [1.54, 1.807) is 41.2 Å². The summed E-state index contributed by atoms with van der Waals surface area (Å²) in [4.78, 5) is 29.7. The number of anilines is 1. The van der Waals surface area contributed by atoms with Gasteiger partial charge in [-0.15, -0.1) is 11.8 Å². The minimum atomic E-state index is -0.363. The second-order valence-electron chi connectivity index (χ2n) is 4.99. The molecule has 2 aliphatic heterocycles. The molecule has 0 bridgehead atoms. The van der Waals surface area contributed by atoms with Crippen LogP contribution in [0.5, 0.6) is 0 Å². The maximum atomic E-state index is 12.3. The zero-order valence-electron chi connectivity index (χ0n) is 10.6. The van der Waals surface area contributed by atoms with Crippen LogP contribution in [0.15, 0.2) is 24.5 Å². The minimum Gasteiger partial charge on any atom is -0.324 e. The first kappa shape index (κ1) is 12.5. The van der Waals surface area contributed by atoms with Crippen molar-refractivity contribution >= 4 is 29.3 Å². The Morgan fingerprint density at radius 1 is 1.53 bits per heavy atom. The molecule has 100 valence electrons. The Kier molecular flexibility index (Phi) is 2.97. The van der Waals surface area contributed by atoms with E-state index < -0.39 is 0 Å². The quantitative estimate of drug-likeness (QED) is 0.889. The Morgan fingerprint density at radius 3 is 3.00 bits per heavy atom. The van der Waals surface area contributed by atoms with Crippen molar-refractivity contribution in [3.05, 3.63) is 24.5 Å². The number of fused-ring (bicyclic) bond motifs is 1. The molecule has 0 radical (unpaired) electrons. The summed E-state index contributed by atoms with van der Waals surface area (Å²) in [5.41, 5.74) is 0.713. The van der Waals surface area contributed by atoms with Crippen molar-refractivity contribution in [2.24, 2.45) is 0 Å². The monoisotopic (exact) mass is 277 g/mol. The Balaban J connectivity index is 1.76. The predicted octanol–water partition coefficient (Wildman–Crippen LogP) is 1.47. The largest absolute Gasteiger partial charge is 0.324 e. The van der Waals surface area contributed by atoms with Crippen LogP contribution < -0.4 is 5.32 Å². The maximum Gasteiger partial charge on any atom is 0.248 e. The predicted molar refractivity (Wildman–Crippen MR) is 73.6 cm³/mol. The molecular formula is C13H15N3O2S. The van der Waals surface area contributed by atoms with Crippen molar-refractivity contribution in [1.29, 1.82) is 0 Å². The summed E-state index contributed by atoms with van der Waals surface area (Å²) in [5, 5.41) is 2.85. The van der Waals surface area contributed by atoms with Gasteiger partial charge in [0.2, 0.25) is 11.8 Å². The number of carbonyl (C=O) groups excluding carboxylic acids is 2. The van der Waals surface area contributed by atoms with Crippen molar-refractivity contribution in [1.82, 2.24) is 9.88 Å². The lowest BCUT2D eigenvalue weighted by Gasteiger charge is -2.29. The van der Waals surface area contributed by atoms with Crippen molar-refractivity contribution in [3.8, 4) is 0 Å². The lowest BCUT2D eigenvalue weighted by atomic mass is 10.2. The average Bonchev–Trinajstić information content (AvgIpc) is 2.88. The van der Waals surface area contributed by atoms with Crippen LogP contribution in [-0.4, -0.2) is 38.4 Å². The van der Waals surface area contributed by atoms with Gasteiger partial charge in [-0.05, 0) is 25.5 Å². The molecule has 19 heavy (non-hydrogen) atoms. The second kappa shape index (κ2) is 4.52. The highest BCUT2D eigenvalue weighted by Gasteiger charge is 2.52. The summed E-state index contributed by atoms with van der Waals surface area (Å²) in [6.07, 6.45) is 4.63. The van der Waals surface area contributed by atoms with Gasteiger partial charge in [0.1, 0.15) is 6.04 Å². The van der Waals surface area contributed by atoms with E-state index >= 15 is 0 Å². The molecule has 0 aliphatic carbocycles. The highest BCUT2D eigenvalue weighted by Crippen LogP contribution is 2.47. The molecular weight excluding hydrogens is 262 g/mol. The van der Waals surface area contributed by atoms with Crippen molar-refractivity contribution < 1.29 is 9.59 Å². The van der Waals surface area contributed by atoms with E-state index in [-0.39, 0.29) is 22.7 Å². The van der Waals surface area contributed by atoms with Crippen LogP contribution in [0.2, 0.25) is 0 Å². The van der Waals surface area contributed by atoms with E-state index in [4.69, 9.17) is 0 Å². The van der Waals surface area contributed by atoms with Crippen molar-refractivity contribution in [3.63, 3.8) is 0 Å². The van der Waals surface area contributed by atoms with Crippen LogP contribution in [0.4, 0.5) is 5.69 Å². The van der Waals surface area contributed by atoms with E-state index in [0.717, 1.165) is 6.42 Å². The fourth-order valence-corrected chi connectivity index (χ4v) is 4.11. The van der Waals surface area contributed by atoms with E-state index in [1.165, 1.54) is 0 Å². The van der Waals surface area contributed by atoms with Gasteiger partial charge in [0.05, 0.1) is 4.87 Å². The van der Waals surface area contributed by atoms with Crippen LogP contribution in [0.1, 0.15) is 19.8 Å². The van der Waals surface area contributed by atoms with E-state index in [9.17, 15) is 9.59 Å². The topological polar surface area (TPSA) is 62.3 Å². The maximum absolute atomic E-state index is 12.3. The van der Waals surface area contributed by atoms with Gasteiger partial charge in [-0.25, -0.2) is 0 Å². The lowest BCUT2D eigenvalue weighted by molar-refractivity contribution is -0.135. The molecule has 0 spiro atoms. The minimum absolute atomic E-state index is 0.0855. The van der Waals surface area contributed by atoms with Gasteiger partial charge < -0.3 is 10.2 Å². The number of thioether (sulfide) groups is 1. The molecule has 2 atom stereocenters. The van der Waals surface area contributed by atoms with E-state index in [0.29, 0.717) is 17.9 Å². The number of carbonyl (C=O) groups is 2. The zero-order chi connectivity index (χ0) is 13.5. The molecule has 0 aromatic carbocycles. The second-order valence-corrected chi connectivity index (χ2v) is 6.49. The molecule has 3 heterocycles. The van der Waals surface area contributed by atoms with Gasteiger partial charge in [0, 0.05) is 30.3 Å². The summed E-state index contributed by atoms with van der Waals surface area (Å²) in [6.45, 7) is 2.04. The fourth-order valence-electron chi connectivity index (χ4n) is 2.68.